The molecule has 0 radical (unpaired) electrons. The molecule has 0 unspecified atom stereocenters. The van der Waals surface area contributed by atoms with Gasteiger partial charge in [-0.1, -0.05) is 24.3 Å². The van der Waals surface area contributed by atoms with E-state index in [-0.39, 0.29) is 5.78 Å². The zero-order valence-corrected chi connectivity index (χ0v) is 9.54. The van der Waals surface area contributed by atoms with E-state index in [0.717, 1.165) is 10.4 Å². The Morgan fingerprint density at radius 1 is 1.25 bits per heavy atom. The number of Topliss-reactive ketones (excluding diaryl/α,β-unsaturated/α-hetero) is 1. The lowest BCUT2D eigenvalue weighted by molar-refractivity contribution is 0.101. The standard InChI is InChI=1S/C13H9NOS/c1-9(15)11-4-2-3-5-12(11)13-7-6-10(8-14)16-13/h2-7H,1H3. The van der Waals surface area contributed by atoms with Crippen molar-refractivity contribution in [3.63, 3.8) is 0 Å². The molecule has 1 aromatic carbocycles. The van der Waals surface area contributed by atoms with Crippen molar-refractivity contribution >= 4 is 17.1 Å². The van der Waals surface area contributed by atoms with E-state index in [1.54, 1.807) is 13.0 Å². The third-order valence-corrected chi connectivity index (χ3v) is 3.31. The zero-order chi connectivity index (χ0) is 11.5. The second-order valence-corrected chi connectivity index (χ2v) is 4.46. The van der Waals surface area contributed by atoms with Crippen LogP contribution in [0.3, 0.4) is 0 Å². The topological polar surface area (TPSA) is 40.9 Å². The molecule has 0 aliphatic rings. The molecule has 0 N–H and O–H groups in total. The summed E-state index contributed by atoms with van der Waals surface area (Å²) < 4.78 is 0. The fourth-order valence-electron chi connectivity index (χ4n) is 1.55. The highest BCUT2D eigenvalue weighted by atomic mass is 32.1. The first-order valence-corrected chi connectivity index (χ1v) is 5.64. The van der Waals surface area contributed by atoms with Gasteiger partial charge in [-0.05, 0) is 19.1 Å². The van der Waals surface area contributed by atoms with E-state index in [4.69, 9.17) is 5.26 Å². The highest BCUT2D eigenvalue weighted by molar-refractivity contribution is 7.16. The molecule has 0 saturated heterocycles. The van der Waals surface area contributed by atoms with Gasteiger partial charge in [-0.2, -0.15) is 5.26 Å². The highest BCUT2D eigenvalue weighted by Gasteiger charge is 2.10. The normalized spacial score (nSPS) is 9.75. The predicted octanol–water partition coefficient (Wildman–Crippen LogP) is 3.49. The molecule has 78 valence electrons. The van der Waals surface area contributed by atoms with Crippen molar-refractivity contribution < 1.29 is 4.79 Å². The number of nitriles is 1. The average Bonchev–Trinajstić information content (AvgIpc) is 2.77. The molecule has 0 fully saturated rings. The van der Waals surface area contributed by atoms with Crippen molar-refractivity contribution in [2.75, 3.05) is 0 Å². The third kappa shape index (κ3) is 1.88. The Bertz CT molecular complexity index is 578. The van der Waals surface area contributed by atoms with E-state index in [1.165, 1.54) is 11.3 Å². The maximum atomic E-state index is 11.5. The lowest BCUT2D eigenvalue weighted by Crippen LogP contribution is -1.94. The van der Waals surface area contributed by atoms with Gasteiger partial charge in [-0.25, -0.2) is 0 Å². The molecule has 0 amide bonds. The number of ketones is 1. The maximum Gasteiger partial charge on any atom is 0.160 e. The minimum atomic E-state index is 0.0440. The molecule has 3 heteroatoms. The smallest absolute Gasteiger partial charge is 0.160 e. The molecule has 0 atom stereocenters. The summed E-state index contributed by atoms with van der Waals surface area (Å²) in [4.78, 5) is 13.1. The number of thiophene rings is 1. The molecule has 1 aromatic heterocycles. The van der Waals surface area contributed by atoms with Crippen LogP contribution in [0, 0.1) is 11.3 Å². The van der Waals surface area contributed by atoms with Crippen LogP contribution in [0.5, 0.6) is 0 Å². The molecular formula is C13H9NOS. The van der Waals surface area contributed by atoms with Gasteiger partial charge >= 0.3 is 0 Å². The largest absolute Gasteiger partial charge is 0.294 e. The van der Waals surface area contributed by atoms with Gasteiger partial charge in [0.1, 0.15) is 10.9 Å². The maximum absolute atomic E-state index is 11.5. The summed E-state index contributed by atoms with van der Waals surface area (Å²) in [6, 6.07) is 13.2. The second-order valence-electron chi connectivity index (χ2n) is 3.38. The van der Waals surface area contributed by atoms with E-state index < -0.39 is 0 Å². The van der Waals surface area contributed by atoms with Gasteiger partial charge in [0.25, 0.3) is 0 Å². The van der Waals surface area contributed by atoms with Crippen LogP contribution >= 0.6 is 11.3 Å². The molecule has 0 aliphatic carbocycles. The fourth-order valence-corrected chi connectivity index (χ4v) is 2.39. The van der Waals surface area contributed by atoms with Crippen LogP contribution in [-0.4, -0.2) is 5.78 Å². The lowest BCUT2D eigenvalue weighted by atomic mass is 10.0. The van der Waals surface area contributed by atoms with Crippen LogP contribution in [0.2, 0.25) is 0 Å². The quantitative estimate of drug-likeness (QED) is 0.737. The Hall–Kier alpha value is -1.92. The van der Waals surface area contributed by atoms with Crippen LogP contribution in [-0.2, 0) is 0 Å². The first-order chi connectivity index (χ1) is 7.72. The Morgan fingerprint density at radius 2 is 2.00 bits per heavy atom. The van der Waals surface area contributed by atoms with Crippen molar-refractivity contribution in [3.8, 4) is 16.5 Å². The molecule has 2 nitrogen and oxygen atoms in total. The minimum Gasteiger partial charge on any atom is -0.294 e. The Kier molecular flexibility index (Phi) is 2.84. The van der Waals surface area contributed by atoms with E-state index >= 15 is 0 Å². The summed E-state index contributed by atoms with van der Waals surface area (Å²) in [7, 11) is 0. The van der Waals surface area contributed by atoms with Gasteiger partial charge in [-0.15, -0.1) is 11.3 Å². The molecular weight excluding hydrogens is 218 g/mol. The first-order valence-electron chi connectivity index (χ1n) is 4.82. The van der Waals surface area contributed by atoms with E-state index in [0.29, 0.717) is 10.4 Å². The molecule has 2 aromatic rings. The Morgan fingerprint density at radius 3 is 2.62 bits per heavy atom. The first kappa shape index (κ1) is 10.6. The molecule has 0 spiro atoms. The minimum absolute atomic E-state index is 0.0440. The second kappa shape index (κ2) is 4.30. The molecule has 0 bridgehead atoms. The van der Waals surface area contributed by atoms with E-state index in [2.05, 4.69) is 6.07 Å². The van der Waals surface area contributed by atoms with Crippen molar-refractivity contribution in [2.45, 2.75) is 6.92 Å². The molecule has 1 heterocycles. The number of carbonyl (C=O) groups is 1. The number of nitrogens with zero attached hydrogens (tertiary/aromatic N) is 1. The third-order valence-electron chi connectivity index (χ3n) is 2.29. The monoisotopic (exact) mass is 227 g/mol. The van der Waals surface area contributed by atoms with Crippen LogP contribution in [0.25, 0.3) is 10.4 Å². The van der Waals surface area contributed by atoms with E-state index in [9.17, 15) is 4.79 Å². The summed E-state index contributed by atoms with van der Waals surface area (Å²) in [5, 5.41) is 8.77. The SMILES string of the molecule is CC(=O)c1ccccc1-c1ccc(C#N)s1. The van der Waals surface area contributed by atoms with Gasteiger partial charge in [0.05, 0.1) is 0 Å². The van der Waals surface area contributed by atoms with Gasteiger partial charge in [0.2, 0.25) is 0 Å². The van der Waals surface area contributed by atoms with Crippen molar-refractivity contribution in [1.82, 2.24) is 0 Å². The highest BCUT2D eigenvalue weighted by Crippen LogP contribution is 2.30. The van der Waals surface area contributed by atoms with Crippen molar-refractivity contribution in [3.05, 3.63) is 46.8 Å². The average molecular weight is 227 g/mol. The Balaban J connectivity index is 2.56. The number of hydrogen-bond acceptors (Lipinski definition) is 3. The van der Waals surface area contributed by atoms with E-state index in [1.807, 2.05) is 30.3 Å². The number of carbonyl (C=O) groups excluding carboxylic acids is 1. The van der Waals surface area contributed by atoms with Gasteiger partial charge in [-0.3, -0.25) is 4.79 Å². The number of hydrogen-bond donors (Lipinski definition) is 0. The summed E-state index contributed by atoms with van der Waals surface area (Å²) >= 11 is 1.40. The predicted molar refractivity (Wildman–Crippen MR) is 64.5 cm³/mol. The molecule has 0 aliphatic heterocycles. The Labute approximate surface area is 97.8 Å². The van der Waals surface area contributed by atoms with Crippen LogP contribution in [0.4, 0.5) is 0 Å². The summed E-state index contributed by atoms with van der Waals surface area (Å²) in [6.45, 7) is 1.55. The van der Waals surface area contributed by atoms with Crippen molar-refractivity contribution in [1.29, 1.82) is 5.26 Å². The van der Waals surface area contributed by atoms with Gasteiger partial charge < -0.3 is 0 Å². The van der Waals surface area contributed by atoms with Crippen LogP contribution in [0.15, 0.2) is 36.4 Å². The molecule has 16 heavy (non-hydrogen) atoms. The summed E-state index contributed by atoms with van der Waals surface area (Å²) in [5.41, 5.74) is 1.61. The summed E-state index contributed by atoms with van der Waals surface area (Å²) in [6.07, 6.45) is 0. The zero-order valence-electron chi connectivity index (χ0n) is 8.73. The van der Waals surface area contributed by atoms with Gasteiger partial charge in [0, 0.05) is 16.0 Å². The van der Waals surface area contributed by atoms with Crippen LogP contribution < -0.4 is 0 Å². The fraction of sp³-hybridized carbons (Fsp3) is 0.0769. The lowest BCUT2D eigenvalue weighted by Gasteiger charge is -2.03. The molecule has 0 saturated carbocycles. The number of rotatable bonds is 2. The van der Waals surface area contributed by atoms with Crippen LogP contribution in [0.1, 0.15) is 22.2 Å². The van der Waals surface area contributed by atoms with Gasteiger partial charge in [0.15, 0.2) is 5.78 Å². The van der Waals surface area contributed by atoms with Crippen molar-refractivity contribution in [2.24, 2.45) is 0 Å². The summed E-state index contributed by atoms with van der Waals surface area (Å²) in [5.74, 6) is 0.0440. The number of benzene rings is 1. The molecule has 2 rings (SSSR count).